The number of hydrogen-bond acceptors (Lipinski definition) is 7. The second-order valence-corrected chi connectivity index (χ2v) is 10.3. The van der Waals surface area contributed by atoms with Crippen LogP contribution in [0.2, 0.25) is 10.0 Å². The highest BCUT2D eigenvalue weighted by atomic mass is 35.5. The summed E-state index contributed by atoms with van der Waals surface area (Å²) in [7, 11) is 2.61. The molecule has 0 saturated heterocycles. The Labute approximate surface area is 218 Å². The van der Waals surface area contributed by atoms with Crippen molar-refractivity contribution in [1.29, 1.82) is 0 Å². The number of urea groups is 1. The number of amides is 2. The normalized spacial score (nSPS) is 18.0. The first kappa shape index (κ1) is 26.8. The van der Waals surface area contributed by atoms with Crippen LogP contribution in [-0.2, 0) is 19.1 Å². The van der Waals surface area contributed by atoms with Gasteiger partial charge < -0.3 is 9.47 Å². The lowest BCUT2D eigenvalue weighted by molar-refractivity contribution is -0.147. The quantitative estimate of drug-likeness (QED) is 0.346. The Kier molecular flexibility index (Phi) is 8.69. The number of hydrazone groups is 1. The summed E-state index contributed by atoms with van der Waals surface area (Å²) in [6, 6.07) is 13.1. The Balaban J connectivity index is 1.99. The Morgan fingerprint density at radius 1 is 1.06 bits per heavy atom. The molecule has 1 aliphatic heterocycles. The zero-order valence-corrected chi connectivity index (χ0v) is 22.0. The number of anilines is 1. The first-order chi connectivity index (χ1) is 16.6. The Bertz CT molecular complexity index is 1130. The van der Waals surface area contributed by atoms with Crippen LogP contribution in [-0.4, -0.2) is 54.7 Å². The fourth-order valence-corrected chi connectivity index (χ4v) is 4.81. The largest absolute Gasteiger partial charge is 0.469 e. The molecule has 0 N–H and O–H groups in total. The number of halogens is 2. The molecule has 2 unspecified atom stereocenters. The molecule has 35 heavy (non-hydrogen) atoms. The summed E-state index contributed by atoms with van der Waals surface area (Å²) in [5, 5.41) is 6.52. The number of nitrogens with zero attached hydrogens (tertiary/aromatic N) is 3. The number of methoxy groups -OCH3 is 2. The van der Waals surface area contributed by atoms with Crippen molar-refractivity contribution in [2.75, 3.05) is 25.1 Å². The molecule has 0 spiro atoms. The second-order valence-electron chi connectivity index (χ2n) is 8.09. The number of rotatable bonds is 7. The van der Waals surface area contributed by atoms with Crippen molar-refractivity contribution in [3.63, 3.8) is 0 Å². The van der Waals surface area contributed by atoms with Crippen molar-refractivity contribution in [2.24, 2.45) is 10.5 Å². The van der Waals surface area contributed by atoms with Gasteiger partial charge in [-0.2, -0.15) is 5.10 Å². The number of hydrogen-bond donors (Lipinski definition) is 0. The van der Waals surface area contributed by atoms with Crippen molar-refractivity contribution in [3.8, 4) is 0 Å². The van der Waals surface area contributed by atoms with Gasteiger partial charge in [0, 0.05) is 15.3 Å². The van der Waals surface area contributed by atoms with Gasteiger partial charge in [0.2, 0.25) is 0 Å². The van der Waals surface area contributed by atoms with E-state index in [0.29, 0.717) is 27.0 Å². The maximum atomic E-state index is 13.8. The fraction of sp³-hybridized carbons (Fsp3) is 0.333. The van der Waals surface area contributed by atoms with Crippen LogP contribution >= 0.6 is 35.1 Å². The zero-order chi connectivity index (χ0) is 25.8. The van der Waals surface area contributed by atoms with Crippen LogP contribution in [0.25, 0.3) is 0 Å². The predicted octanol–water partition coefficient (Wildman–Crippen LogP) is 5.42. The number of esters is 2. The first-order valence-electron chi connectivity index (χ1n) is 10.6. The number of carbonyl (C=O) groups excluding carboxylic acids is 3. The zero-order valence-electron chi connectivity index (χ0n) is 19.7. The predicted molar refractivity (Wildman–Crippen MR) is 138 cm³/mol. The van der Waals surface area contributed by atoms with Gasteiger partial charge in [0.15, 0.2) is 0 Å². The van der Waals surface area contributed by atoms with Crippen LogP contribution in [0.5, 0.6) is 0 Å². The molecule has 2 aromatic carbocycles. The van der Waals surface area contributed by atoms with E-state index < -0.39 is 23.4 Å². The molecule has 3 rings (SSSR count). The minimum atomic E-state index is -1.20. The summed E-state index contributed by atoms with van der Waals surface area (Å²) in [6.45, 7) is 3.45. The van der Waals surface area contributed by atoms with Crippen molar-refractivity contribution in [1.82, 2.24) is 5.01 Å². The average Bonchev–Trinajstić information content (AvgIpc) is 3.21. The third-order valence-electron chi connectivity index (χ3n) is 5.39. The summed E-state index contributed by atoms with van der Waals surface area (Å²) in [5.74, 6) is -0.915. The van der Waals surface area contributed by atoms with E-state index in [1.807, 2.05) is 6.92 Å². The molecule has 0 bridgehead atoms. The molecule has 1 aliphatic rings. The monoisotopic (exact) mass is 537 g/mol. The molecule has 186 valence electrons. The molecule has 2 amide bonds. The minimum Gasteiger partial charge on any atom is -0.469 e. The SMILES string of the molecule is COC(=O)CC(C)SN(C(=O)N1CC(C)(C(=O)OC)C(c2ccc(Cl)cc2)=N1)c1ccc(Cl)cc1. The average molecular weight is 538 g/mol. The highest BCUT2D eigenvalue weighted by molar-refractivity contribution is 8.01. The molecule has 0 fully saturated rings. The van der Waals surface area contributed by atoms with Crippen molar-refractivity contribution < 1.29 is 23.9 Å². The van der Waals surface area contributed by atoms with Gasteiger partial charge in [-0.1, -0.05) is 42.3 Å². The van der Waals surface area contributed by atoms with E-state index in [0.717, 1.165) is 11.9 Å². The molecule has 0 aromatic heterocycles. The van der Waals surface area contributed by atoms with Gasteiger partial charge in [0.25, 0.3) is 0 Å². The number of ether oxygens (including phenoxy) is 2. The van der Waals surface area contributed by atoms with Gasteiger partial charge in [-0.25, -0.2) is 14.1 Å². The maximum Gasteiger partial charge on any atom is 0.355 e. The molecule has 8 nitrogen and oxygen atoms in total. The van der Waals surface area contributed by atoms with Crippen molar-refractivity contribution in [2.45, 2.75) is 25.5 Å². The van der Waals surface area contributed by atoms with Crippen LogP contribution < -0.4 is 4.31 Å². The molecule has 11 heteroatoms. The topological polar surface area (TPSA) is 88.5 Å². The summed E-state index contributed by atoms with van der Waals surface area (Å²) in [4.78, 5) is 38.3. The number of benzene rings is 2. The van der Waals surface area contributed by atoms with Gasteiger partial charge in [-0.3, -0.25) is 9.59 Å². The van der Waals surface area contributed by atoms with Gasteiger partial charge in [-0.15, -0.1) is 0 Å². The first-order valence-corrected chi connectivity index (χ1v) is 12.2. The van der Waals surface area contributed by atoms with Crippen molar-refractivity contribution in [3.05, 3.63) is 64.1 Å². The fourth-order valence-electron chi connectivity index (χ4n) is 3.55. The molecule has 0 radical (unpaired) electrons. The molecular weight excluding hydrogens is 513 g/mol. The smallest absolute Gasteiger partial charge is 0.355 e. The molecule has 1 heterocycles. The van der Waals surface area contributed by atoms with E-state index in [1.165, 1.54) is 23.5 Å². The summed E-state index contributed by atoms with van der Waals surface area (Å²) >= 11 is 13.2. The van der Waals surface area contributed by atoms with Crippen LogP contribution in [0.1, 0.15) is 25.8 Å². The minimum absolute atomic E-state index is 0.0352. The third-order valence-corrected chi connectivity index (χ3v) is 6.99. The van der Waals surface area contributed by atoms with Crippen LogP contribution in [0.3, 0.4) is 0 Å². The Hall–Kier alpha value is -2.75. The van der Waals surface area contributed by atoms with E-state index in [2.05, 4.69) is 5.10 Å². The summed E-state index contributed by atoms with van der Waals surface area (Å²) in [5.41, 5.74) is 0.364. The number of carbonyl (C=O) groups is 3. The molecule has 2 atom stereocenters. The summed E-state index contributed by atoms with van der Waals surface area (Å²) in [6.07, 6.45) is 0.0949. The molecular formula is C24H25Cl2N3O5S. The van der Waals surface area contributed by atoms with Gasteiger partial charge in [-0.05, 0) is 60.8 Å². The van der Waals surface area contributed by atoms with E-state index in [4.69, 9.17) is 32.7 Å². The van der Waals surface area contributed by atoms with Gasteiger partial charge in [0.05, 0.1) is 38.6 Å². The maximum absolute atomic E-state index is 13.8. The lowest BCUT2D eigenvalue weighted by atomic mass is 9.82. The van der Waals surface area contributed by atoms with Crippen LogP contribution in [0, 0.1) is 5.41 Å². The van der Waals surface area contributed by atoms with Crippen molar-refractivity contribution >= 4 is 64.5 Å². The Morgan fingerprint density at radius 3 is 2.17 bits per heavy atom. The summed E-state index contributed by atoms with van der Waals surface area (Å²) < 4.78 is 11.2. The molecule has 0 saturated carbocycles. The van der Waals surface area contributed by atoms with Gasteiger partial charge >= 0.3 is 18.0 Å². The van der Waals surface area contributed by atoms with E-state index in [1.54, 1.807) is 55.5 Å². The third kappa shape index (κ3) is 6.09. The van der Waals surface area contributed by atoms with E-state index in [-0.39, 0.29) is 18.2 Å². The van der Waals surface area contributed by atoms with E-state index >= 15 is 0 Å². The lowest BCUT2D eigenvalue weighted by Crippen LogP contribution is -2.43. The molecule has 2 aromatic rings. The van der Waals surface area contributed by atoms with Crippen LogP contribution in [0.15, 0.2) is 53.6 Å². The highest BCUT2D eigenvalue weighted by Gasteiger charge is 2.49. The Morgan fingerprint density at radius 2 is 1.63 bits per heavy atom. The van der Waals surface area contributed by atoms with E-state index in [9.17, 15) is 14.4 Å². The lowest BCUT2D eigenvalue weighted by Gasteiger charge is -2.28. The highest BCUT2D eigenvalue weighted by Crippen LogP contribution is 2.36. The van der Waals surface area contributed by atoms with Gasteiger partial charge in [0.1, 0.15) is 5.41 Å². The molecule has 0 aliphatic carbocycles. The van der Waals surface area contributed by atoms with Crippen LogP contribution in [0.4, 0.5) is 10.5 Å². The second kappa shape index (κ2) is 11.3. The standard InChI is InChI=1S/C24H25Cl2N3O5S/c1-15(13-20(30)33-3)35-29(19-11-9-18(26)10-12-19)23(32)28-14-24(2,22(31)34-4)21(27-28)16-5-7-17(25)8-6-16/h5-12,15H,13-14H2,1-4H3.